The van der Waals surface area contributed by atoms with E-state index in [0.29, 0.717) is 11.6 Å². The molecule has 0 radical (unpaired) electrons. The number of piperidine rings is 1. The molecule has 1 heterocycles. The van der Waals surface area contributed by atoms with Crippen LogP contribution in [0.25, 0.3) is 0 Å². The van der Waals surface area contributed by atoms with E-state index >= 15 is 0 Å². The van der Waals surface area contributed by atoms with E-state index in [-0.39, 0.29) is 12.1 Å². The molecule has 0 spiro atoms. The molecule has 1 atom stereocenters. The van der Waals surface area contributed by atoms with Crippen LogP contribution in [0.15, 0.2) is 22.7 Å². The smallest absolute Gasteiger partial charge is 0.410 e. The van der Waals surface area contributed by atoms with E-state index in [1.807, 2.05) is 39.0 Å². The molecule has 0 saturated carbocycles. The van der Waals surface area contributed by atoms with E-state index < -0.39 is 5.60 Å². The first-order chi connectivity index (χ1) is 10.3. The Morgan fingerprint density at radius 2 is 2.18 bits per heavy atom. The van der Waals surface area contributed by atoms with Crippen LogP contribution in [0.1, 0.15) is 33.6 Å². The fourth-order valence-electron chi connectivity index (χ4n) is 2.42. The summed E-state index contributed by atoms with van der Waals surface area (Å²) in [5, 5.41) is 4.13. The molecule has 6 heteroatoms. The maximum absolute atomic E-state index is 12.2. The molecule has 1 fully saturated rings. The molecule has 1 aromatic carbocycles. The fourth-order valence-corrected chi connectivity index (χ4v) is 2.98. The molecular weight excluding hydrogens is 368 g/mol. The van der Waals surface area contributed by atoms with Crippen LogP contribution in [0.2, 0.25) is 5.02 Å². The summed E-state index contributed by atoms with van der Waals surface area (Å²) in [6.45, 7) is 7.02. The van der Waals surface area contributed by atoms with Crippen molar-refractivity contribution in [1.29, 1.82) is 0 Å². The van der Waals surface area contributed by atoms with Crippen LogP contribution in [0.4, 0.5) is 10.5 Å². The summed E-state index contributed by atoms with van der Waals surface area (Å²) in [6, 6.07) is 5.91. The predicted octanol–water partition coefficient (Wildman–Crippen LogP) is 4.91. The lowest BCUT2D eigenvalue weighted by atomic mass is 10.1. The minimum absolute atomic E-state index is 0.191. The van der Waals surface area contributed by atoms with Gasteiger partial charge in [0.25, 0.3) is 0 Å². The molecule has 2 rings (SSSR count). The highest BCUT2D eigenvalue weighted by Crippen LogP contribution is 2.31. The number of hydrogen-bond donors (Lipinski definition) is 1. The Morgan fingerprint density at radius 3 is 2.86 bits per heavy atom. The van der Waals surface area contributed by atoms with Crippen LogP contribution in [0.3, 0.4) is 0 Å². The molecule has 1 unspecified atom stereocenters. The van der Waals surface area contributed by atoms with Gasteiger partial charge in [0.05, 0.1) is 15.2 Å². The fraction of sp³-hybridized carbons (Fsp3) is 0.562. The summed E-state index contributed by atoms with van der Waals surface area (Å²) in [4.78, 5) is 13.9. The van der Waals surface area contributed by atoms with Gasteiger partial charge in [-0.05, 0) is 61.7 Å². The normalized spacial score (nSPS) is 19.0. The number of amides is 1. The topological polar surface area (TPSA) is 41.6 Å². The first kappa shape index (κ1) is 17.4. The molecule has 1 amide bonds. The number of halogens is 2. The maximum atomic E-state index is 12.2. The van der Waals surface area contributed by atoms with Crippen LogP contribution in [0, 0.1) is 0 Å². The van der Waals surface area contributed by atoms with Crippen molar-refractivity contribution < 1.29 is 9.53 Å². The van der Waals surface area contributed by atoms with Crippen molar-refractivity contribution in [2.45, 2.75) is 45.3 Å². The Morgan fingerprint density at radius 1 is 1.45 bits per heavy atom. The number of carbonyl (C=O) groups excluding carboxylic acids is 1. The van der Waals surface area contributed by atoms with Gasteiger partial charge in [-0.15, -0.1) is 0 Å². The lowest BCUT2D eigenvalue weighted by Crippen LogP contribution is -2.47. The third-order valence-corrected chi connectivity index (χ3v) is 4.78. The summed E-state index contributed by atoms with van der Waals surface area (Å²) >= 11 is 9.60. The van der Waals surface area contributed by atoms with E-state index in [9.17, 15) is 4.79 Å². The highest BCUT2D eigenvalue weighted by Gasteiger charge is 2.27. The molecule has 0 bridgehead atoms. The Balaban J connectivity index is 1.99. The zero-order valence-corrected chi connectivity index (χ0v) is 15.5. The van der Waals surface area contributed by atoms with Crippen molar-refractivity contribution in [3.05, 3.63) is 27.7 Å². The largest absolute Gasteiger partial charge is 0.444 e. The monoisotopic (exact) mass is 388 g/mol. The minimum atomic E-state index is -0.465. The number of carbonyl (C=O) groups is 1. The zero-order chi connectivity index (χ0) is 16.3. The molecule has 1 saturated heterocycles. The van der Waals surface area contributed by atoms with Crippen molar-refractivity contribution in [2.75, 3.05) is 18.4 Å². The summed E-state index contributed by atoms with van der Waals surface area (Å²) in [5.74, 6) is 0. The third-order valence-electron chi connectivity index (χ3n) is 3.38. The van der Waals surface area contributed by atoms with E-state index in [1.54, 1.807) is 4.90 Å². The van der Waals surface area contributed by atoms with E-state index in [2.05, 4.69) is 21.2 Å². The van der Waals surface area contributed by atoms with Crippen molar-refractivity contribution in [2.24, 2.45) is 0 Å². The number of nitrogens with zero attached hydrogens (tertiary/aromatic N) is 1. The number of rotatable bonds is 2. The summed E-state index contributed by atoms with van der Waals surface area (Å²) in [5.41, 5.74) is 0.483. The van der Waals surface area contributed by atoms with Gasteiger partial charge in [0.15, 0.2) is 0 Å². The van der Waals surface area contributed by atoms with Gasteiger partial charge in [-0.2, -0.15) is 0 Å². The molecule has 0 aromatic heterocycles. The summed E-state index contributed by atoms with van der Waals surface area (Å²) in [6.07, 6.45) is 1.72. The highest BCUT2D eigenvalue weighted by atomic mass is 79.9. The van der Waals surface area contributed by atoms with Crippen LogP contribution < -0.4 is 5.32 Å². The van der Waals surface area contributed by atoms with Gasteiger partial charge in [-0.1, -0.05) is 17.7 Å². The maximum Gasteiger partial charge on any atom is 0.410 e. The molecule has 4 nitrogen and oxygen atoms in total. The average molecular weight is 390 g/mol. The van der Waals surface area contributed by atoms with Crippen LogP contribution in [0.5, 0.6) is 0 Å². The van der Waals surface area contributed by atoms with Crippen molar-refractivity contribution in [1.82, 2.24) is 4.90 Å². The number of nitrogens with one attached hydrogen (secondary N) is 1. The van der Waals surface area contributed by atoms with Crippen LogP contribution >= 0.6 is 27.5 Å². The Bertz CT molecular complexity index is 545. The van der Waals surface area contributed by atoms with Gasteiger partial charge in [0, 0.05) is 19.1 Å². The lowest BCUT2D eigenvalue weighted by molar-refractivity contribution is 0.0206. The van der Waals surface area contributed by atoms with Crippen LogP contribution in [-0.4, -0.2) is 35.7 Å². The molecule has 22 heavy (non-hydrogen) atoms. The molecule has 1 aliphatic heterocycles. The highest BCUT2D eigenvalue weighted by molar-refractivity contribution is 9.10. The SMILES string of the molecule is CC(C)(C)OC(=O)N1CCCC(Nc2cccc(Cl)c2Br)C1. The predicted molar refractivity (Wildman–Crippen MR) is 93.6 cm³/mol. The summed E-state index contributed by atoms with van der Waals surface area (Å²) in [7, 11) is 0. The first-order valence-corrected chi connectivity index (χ1v) is 8.62. The number of hydrogen-bond acceptors (Lipinski definition) is 3. The average Bonchev–Trinajstić information content (AvgIpc) is 2.42. The first-order valence-electron chi connectivity index (χ1n) is 7.45. The number of likely N-dealkylation sites (tertiary alicyclic amines) is 1. The van der Waals surface area contributed by atoms with Gasteiger partial charge in [0.1, 0.15) is 5.60 Å². The number of ether oxygens (including phenoxy) is 1. The van der Waals surface area contributed by atoms with Crippen LogP contribution in [-0.2, 0) is 4.74 Å². The third kappa shape index (κ3) is 4.78. The van der Waals surface area contributed by atoms with Crippen molar-refractivity contribution in [3.8, 4) is 0 Å². The van der Waals surface area contributed by atoms with Gasteiger partial charge in [-0.25, -0.2) is 4.79 Å². The van der Waals surface area contributed by atoms with E-state index in [1.165, 1.54) is 0 Å². The molecule has 122 valence electrons. The van der Waals surface area contributed by atoms with Gasteiger partial charge < -0.3 is 15.0 Å². The quantitative estimate of drug-likeness (QED) is 0.781. The molecule has 1 aliphatic rings. The Kier molecular flexibility index (Phi) is 5.61. The second kappa shape index (κ2) is 7.09. The van der Waals surface area contributed by atoms with E-state index in [4.69, 9.17) is 16.3 Å². The van der Waals surface area contributed by atoms with Crippen molar-refractivity contribution in [3.63, 3.8) is 0 Å². The lowest BCUT2D eigenvalue weighted by Gasteiger charge is -2.35. The minimum Gasteiger partial charge on any atom is -0.444 e. The zero-order valence-electron chi connectivity index (χ0n) is 13.2. The van der Waals surface area contributed by atoms with E-state index in [0.717, 1.165) is 29.5 Å². The van der Waals surface area contributed by atoms with Gasteiger partial charge in [0.2, 0.25) is 0 Å². The molecule has 0 aliphatic carbocycles. The van der Waals surface area contributed by atoms with Gasteiger partial charge in [-0.3, -0.25) is 0 Å². The Labute approximate surface area is 145 Å². The standard InChI is InChI=1S/C16H22BrClN2O2/c1-16(2,3)22-15(21)20-9-5-6-11(10-20)19-13-8-4-7-12(18)14(13)17/h4,7-8,11,19H,5-6,9-10H2,1-3H3. The molecule has 1 aromatic rings. The Hall–Kier alpha value is -0.940. The van der Waals surface area contributed by atoms with Crippen molar-refractivity contribution >= 4 is 39.3 Å². The molecular formula is C16H22BrClN2O2. The second-order valence-electron chi connectivity index (χ2n) is 6.51. The second-order valence-corrected chi connectivity index (χ2v) is 7.71. The molecule has 1 N–H and O–H groups in total. The van der Waals surface area contributed by atoms with Gasteiger partial charge >= 0.3 is 6.09 Å². The number of anilines is 1. The number of benzene rings is 1. The summed E-state index contributed by atoms with van der Waals surface area (Å²) < 4.78 is 6.30.